The fourth-order valence-corrected chi connectivity index (χ4v) is 5.23. The molecule has 0 bridgehead atoms. The van der Waals surface area contributed by atoms with Gasteiger partial charge in [0, 0.05) is 42.8 Å². The molecule has 1 aliphatic heterocycles. The lowest BCUT2D eigenvalue weighted by molar-refractivity contribution is 0.173. The van der Waals surface area contributed by atoms with Gasteiger partial charge in [-0.2, -0.15) is 9.29 Å². The van der Waals surface area contributed by atoms with Gasteiger partial charge in [-0.1, -0.05) is 24.4 Å². The van der Waals surface area contributed by atoms with Crippen molar-refractivity contribution >= 4 is 44.8 Å². The van der Waals surface area contributed by atoms with Crippen LogP contribution in [0.1, 0.15) is 38.1 Å². The van der Waals surface area contributed by atoms with Gasteiger partial charge in [0.15, 0.2) is 0 Å². The molecule has 162 valence electrons. The summed E-state index contributed by atoms with van der Waals surface area (Å²) in [6.45, 7) is 0.0576. The lowest BCUT2D eigenvalue weighted by Crippen LogP contribution is -2.44. The van der Waals surface area contributed by atoms with E-state index in [0.717, 1.165) is 36.2 Å². The van der Waals surface area contributed by atoms with Gasteiger partial charge in [0.2, 0.25) is 10.0 Å². The Kier molecular flexibility index (Phi) is 5.91. The molecule has 1 saturated carbocycles. The maximum Gasteiger partial charge on any atom is 0.271 e. The van der Waals surface area contributed by atoms with Crippen LogP contribution in [-0.4, -0.2) is 59.0 Å². The fraction of sp³-hybridized carbons (Fsp3) is 0.579. The van der Waals surface area contributed by atoms with Crippen LogP contribution in [0.5, 0.6) is 0 Å². The normalized spacial score (nSPS) is 24.2. The van der Waals surface area contributed by atoms with E-state index in [9.17, 15) is 17.6 Å². The monoisotopic (exact) mass is 455 g/mol. The quantitative estimate of drug-likeness (QED) is 0.660. The van der Waals surface area contributed by atoms with Crippen molar-refractivity contribution in [3.8, 4) is 0 Å². The van der Waals surface area contributed by atoms with Crippen LogP contribution in [0.3, 0.4) is 0 Å². The van der Waals surface area contributed by atoms with Crippen LogP contribution in [-0.2, 0) is 10.0 Å². The number of rotatable bonds is 4. The fourth-order valence-electron chi connectivity index (χ4n) is 4.17. The predicted octanol–water partition coefficient (Wildman–Crippen LogP) is 2.88. The first kappa shape index (κ1) is 21.3. The molecule has 1 saturated heterocycles. The number of fused-ring (bicyclic) bond motifs is 1. The Bertz CT molecular complexity index is 1150. The van der Waals surface area contributed by atoms with Gasteiger partial charge in [0.1, 0.15) is 16.8 Å². The number of piperidine rings is 1. The predicted molar refractivity (Wildman–Crippen MR) is 114 cm³/mol. The van der Waals surface area contributed by atoms with Crippen molar-refractivity contribution in [2.45, 2.75) is 44.3 Å². The van der Waals surface area contributed by atoms with Gasteiger partial charge in [-0.05, 0) is 25.3 Å². The number of hydrogen-bond donors (Lipinski definition) is 0. The molecule has 30 heavy (non-hydrogen) atoms. The van der Waals surface area contributed by atoms with Crippen LogP contribution in [0.25, 0.3) is 11.0 Å². The van der Waals surface area contributed by atoms with E-state index in [2.05, 4.69) is 15.0 Å². The van der Waals surface area contributed by atoms with Crippen molar-refractivity contribution < 1.29 is 12.8 Å². The van der Waals surface area contributed by atoms with Gasteiger partial charge in [-0.3, -0.25) is 9.36 Å². The Labute approximate surface area is 178 Å². The van der Waals surface area contributed by atoms with Gasteiger partial charge in [0.05, 0.1) is 6.26 Å². The second-order valence-electron chi connectivity index (χ2n) is 7.92. The number of halogens is 2. The van der Waals surface area contributed by atoms with Gasteiger partial charge in [-0.15, -0.1) is 0 Å². The molecule has 3 heterocycles. The summed E-state index contributed by atoms with van der Waals surface area (Å²) >= 11 is 6.13. The zero-order chi connectivity index (χ0) is 21.5. The highest BCUT2D eigenvalue weighted by molar-refractivity contribution is 7.88. The first-order valence-electron chi connectivity index (χ1n) is 9.95. The first-order valence-corrected chi connectivity index (χ1v) is 12.2. The number of aromatic nitrogens is 3. The SMILES string of the molecule is CS(=O)(=O)N1CC[C@@H](/C=N/c2ncc3cc(Cl)c(=O)n(C4CCCC4)c3n2)[C@H](F)C1. The summed E-state index contributed by atoms with van der Waals surface area (Å²) in [4.78, 5) is 25.6. The average molecular weight is 456 g/mol. The Morgan fingerprint density at radius 1 is 1.30 bits per heavy atom. The molecule has 0 aromatic carbocycles. The summed E-state index contributed by atoms with van der Waals surface area (Å²) in [5, 5.41) is 0.780. The van der Waals surface area contributed by atoms with Crippen LogP contribution < -0.4 is 5.56 Å². The zero-order valence-corrected chi connectivity index (χ0v) is 18.1. The van der Waals surface area contributed by atoms with E-state index in [-0.39, 0.29) is 35.7 Å². The van der Waals surface area contributed by atoms with Crippen molar-refractivity contribution in [1.29, 1.82) is 0 Å². The maximum absolute atomic E-state index is 14.5. The summed E-state index contributed by atoms with van der Waals surface area (Å²) in [7, 11) is -3.41. The van der Waals surface area contributed by atoms with E-state index < -0.39 is 22.1 Å². The van der Waals surface area contributed by atoms with Crippen LogP contribution in [0, 0.1) is 5.92 Å². The molecule has 0 unspecified atom stereocenters. The molecule has 0 radical (unpaired) electrons. The summed E-state index contributed by atoms with van der Waals surface area (Å²) in [5.74, 6) is -0.391. The first-order chi connectivity index (χ1) is 14.2. The van der Waals surface area contributed by atoms with Crippen LogP contribution in [0.4, 0.5) is 10.3 Å². The molecule has 0 amide bonds. The molecule has 2 atom stereocenters. The van der Waals surface area contributed by atoms with Gasteiger partial charge in [-0.25, -0.2) is 22.8 Å². The third kappa shape index (κ3) is 4.26. The molecular weight excluding hydrogens is 433 g/mol. The lowest BCUT2D eigenvalue weighted by Gasteiger charge is -2.31. The van der Waals surface area contributed by atoms with Crippen molar-refractivity contribution in [2.24, 2.45) is 10.9 Å². The van der Waals surface area contributed by atoms with Gasteiger partial charge >= 0.3 is 0 Å². The summed E-state index contributed by atoms with van der Waals surface area (Å²) in [5.41, 5.74) is 0.198. The average Bonchev–Trinajstić information content (AvgIpc) is 3.21. The number of pyridine rings is 1. The molecule has 4 rings (SSSR count). The molecule has 2 aromatic rings. The number of alkyl halides is 1. The lowest BCUT2D eigenvalue weighted by atomic mass is 9.98. The smallest absolute Gasteiger partial charge is 0.271 e. The number of aliphatic imine (C=N–C) groups is 1. The van der Waals surface area contributed by atoms with E-state index in [4.69, 9.17) is 11.6 Å². The Hall–Kier alpha value is -1.91. The standard InChI is InChI=1S/C19H23ClFN5O3S/c1-30(28,29)25-7-6-12(16(21)11-25)9-22-19-23-10-13-8-15(20)18(27)26(17(13)24-19)14-4-2-3-5-14/h8-10,12,14,16H,2-7,11H2,1H3/b22-9+/t12-,16+/m0/s1. The number of hydrogen-bond acceptors (Lipinski definition) is 6. The number of nitrogens with zero attached hydrogens (tertiary/aromatic N) is 5. The largest absolute Gasteiger partial charge is 0.288 e. The van der Waals surface area contributed by atoms with Gasteiger partial charge < -0.3 is 0 Å². The molecule has 2 aliphatic rings. The van der Waals surface area contributed by atoms with Crippen LogP contribution >= 0.6 is 11.6 Å². The molecule has 11 heteroatoms. The van der Waals surface area contributed by atoms with Crippen molar-refractivity contribution in [1.82, 2.24) is 18.8 Å². The van der Waals surface area contributed by atoms with Crippen LogP contribution in [0.2, 0.25) is 5.02 Å². The molecule has 2 fully saturated rings. The summed E-state index contributed by atoms with van der Waals surface area (Å²) < 4.78 is 40.4. The number of sulfonamides is 1. The van der Waals surface area contributed by atoms with E-state index in [1.165, 1.54) is 6.21 Å². The van der Waals surface area contributed by atoms with Gasteiger partial charge in [0.25, 0.3) is 11.5 Å². The van der Waals surface area contributed by atoms with Crippen molar-refractivity contribution in [3.05, 3.63) is 27.6 Å². The summed E-state index contributed by atoms with van der Waals surface area (Å²) in [6, 6.07) is 1.59. The minimum Gasteiger partial charge on any atom is -0.288 e. The minimum atomic E-state index is -3.41. The van der Waals surface area contributed by atoms with E-state index in [0.29, 0.717) is 17.5 Å². The molecule has 0 N–H and O–H groups in total. The van der Waals surface area contributed by atoms with Crippen molar-refractivity contribution in [2.75, 3.05) is 19.3 Å². The molecule has 2 aromatic heterocycles. The van der Waals surface area contributed by atoms with E-state index in [1.54, 1.807) is 16.8 Å². The third-order valence-corrected chi connectivity index (χ3v) is 7.35. The van der Waals surface area contributed by atoms with E-state index >= 15 is 0 Å². The molecule has 1 aliphatic carbocycles. The molecule has 0 spiro atoms. The zero-order valence-electron chi connectivity index (χ0n) is 16.5. The highest BCUT2D eigenvalue weighted by atomic mass is 35.5. The highest BCUT2D eigenvalue weighted by Gasteiger charge is 2.32. The molecular formula is C19H23ClFN5O3S. The second-order valence-corrected chi connectivity index (χ2v) is 10.3. The Morgan fingerprint density at radius 2 is 2.03 bits per heavy atom. The second kappa shape index (κ2) is 8.32. The van der Waals surface area contributed by atoms with Crippen molar-refractivity contribution in [3.63, 3.8) is 0 Å². The minimum absolute atomic E-state index is 0.0426. The molecule has 8 nitrogen and oxygen atoms in total. The summed E-state index contributed by atoms with van der Waals surface area (Å²) in [6.07, 6.45) is 6.93. The Morgan fingerprint density at radius 3 is 2.70 bits per heavy atom. The Balaban J connectivity index is 1.62. The topological polar surface area (TPSA) is 97.5 Å². The van der Waals surface area contributed by atoms with E-state index in [1.807, 2.05) is 0 Å². The third-order valence-electron chi connectivity index (χ3n) is 5.81. The maximum atomic E-state index is 14.5. The van der Waals surface area contributed by atoms with Crippen LogP contribution in [0.15, 0.2) is 22.1 Å². The highest BCUT2D eigenvalue weighted by Crippen LogP contribution is 2.31.